The van der Waals surface area contributed by atoms with Gasteiger partial charge in [-0.25, -0.2) is 12.1 Å². The van der Waals surface area contributed by atoms with E-state index in [1.807, 2.05) is 30.3 Å². The first-order valence-corrected chi connectivity index (χ1v) is 6.15. The van der Waals surface area contributed by atoms with Gasteiger partial charge in [-0.2, -0.15) is 18.2 Å². The van der Waals surface area contributed by atoms with E-state index >= 15 is 0 Å². The van der Waals surface area contributed by atoms with Crippen LogP contribution in [0.15, 0.2) is 84.9 Å². The number of rotatable bonds is 0. The van der Waals surface area contributed by atoms with Crippen molar-refractivity contribution in [2.75, 3.05) is 0 Å². The van der Waals surface area contributed by atoms with Crippen LogP contribution in [0.3, 0.4) is 0 Å². The van der Waals surface area contributed by atoms with Crippen LogP contribution in [0.25, 0.3) is 21.5 Å². The molecule has 0 N–H and O–H groups in total. The Morgan fingerprint density at radius 3 is 1.36 bits per heavy atom. The zero-order chi connectivity index (χ0) is 12.2. The maximum Gasteiger partial charge on any atom is 2.00 e. The predicted molar refractivity (Wildman–Crippen MR) is 85.5 cm³/mol. The Labute approximate surface area is 164 Å². The molecular formula is C19H17Cl2Zr-3. The molecule has 0 aliphatic carbocycles. The summed E-state index contributed by atoms with van der Waals surface area (Å²) in [5.74, 6) is 0. The zero-order valence-electron chi connectivity index (χ0n) is 12.3. The smallest absolute Gasteiger partial charge is 1.00 e. The number of benzene rings is 2. The van der Waals surface area contributed by atoms with E-state index in [-0.39, 0.29) is 58.4 Å². The number of hydrogen-bond donors (Lipinski definition) is 0. The minimum atomic E-state index is 0. The molecule has 4 aromatic carbocycles. The minimum absolute atomic E-state index is 0. The van der Waals surface area contributed by atoms with Crippen LogP contribution in [0.1, 0.15) is 0 Å². The molecule has 0 aliphatic heterocycles. The standard InChI is InChI=1S/C13H9.C5H5.CH3.2ClH.Zr/c1-3-7-12-10(5-1)9-11-6-2-4-8-13(11)12;1-2-4-5-3-1;;;;/h1-9H;1-5H;1H3;2*1H;/q3*-1;;;+2/p-2. The van der Waals surface area contributed by atoms with Gasteiger partial charge in [0, 0.05) is 0 Å². The predicted octanol–water partition coefficient (Wildman–Crippen LogP) is -0.427. The first-order valence-electron chi connectivity index (χ1n) is 6.15. The van der Waals surface area contributed by atoms with Crippen molar-refractivity contribution in [3.63, 3.8) is 0 Å². The summed E-state index contributed by atoms with van der Waals surface area (Å²) in [5.41, 5.74) is 0. The Kier molecular flexibility index (Phi) is 12.4. The molecule has 0 aliphatic rings. The summed E-state index contributed by atoms with van der Waals surface area (Å²) in [6, 6.07) is 29.3. The van der Waals surface area contributed by atoms with Gasteiger partial charge in [0.05, 0.1) is 0 Å². The fourth-order valence-electron chi connectivity index (χ4n) is 2.22. The largest absolute Gasteiger partial charge is 2.00 e. The van der Waals surface area contributed by atoms with Crippen molar-refractivity contribution in [3.05, 3.63) is 92.4 Å². The summed E-state index contributed by atoms with van der Waals surface area (Å²) in [5, 5.41) is 5.39. The second kappa shape index (κ2) is 11.7. The van der Waals surface area contributed by atoms with E-state index in [4.69, 9.17) is 0 Å². The molecule has 0 saturated carbocycles. The summed E-state index contributed by atoms with van der Waals surface area (Å²) >= 11 is 0. The quantitative estimate of drug-likeness (QED) is 0.347. The topological polar surface area (TPSA) is 0 Å². The molecule has 0 unspecified atom stereocenters. The third-order valence-corrected chi connectivity index (χ3v) is 3.08. The van der Waals surface area contributed by atoms with E-state index in [1.165, 1.54) is 21.5 Å². The van der Waals surface area contributed by atoms with Crippen LogP contribution in [-0.2, 0) is 26.2 Å². The van der Waals surface area contributed by atoms with E-state index < -0.39 is 0 Å². The van der Waals surface area contributed by atoms with Gasteiger partial charge in [0.25, 0.3) is 0 Å². The van der Waals surface area contributed by atoms with Crippen molar-refractivity contribution >= 4 is 21.5 Å². The van der Waals surface area contributed by atoms with Gasteiger partial charge in [0.2, 0.25) is 0 Å². The number of hydrogen-bond acceptors (Lipinski definition) is 0. The molecule has 0 radical (unpaired) electrons. The Morgan fingerprint density at radius 2 is 1.00 bits per heavy atom. The van der Waals surface area contributed by atoms with E-state index in [0.29, 0.717) is 0 Å². The van der Waals surface area contributed by atoms with Gasteiger partial charge in [0.15, 0.2) is 0 Å². The zero-order valence-corrected chi connectivity index (χ0v) is 16.3. The Balaban J connectivity index is 0. The maximum absolute atomic E-state index is 2.24. The van der Waals surface area contributed by atoms with Gasteiger partial charge in [-0.1, -0.05) is 36.4 Å². The summed E-state index contributed by atoms with van der Waals surface area (Å²) in [7, 11) is 0. The monoisotopic (exact) mass is 405 g/mol. The van der Waals surface area contributed by atoms with Crippen molar-refractivity contribution in [2.45, 2.75) is 0 Å². The molecule has 4 aromatic rings. The molecule has 0 aromatic heterocycles. The van der Waals surface area contributed by atoms with Crippen LogP contribution < -0.4 is 24.8 Å². The first-order chi connectivity index (χ1) is 8.95. The number of halogens is 2. The Bertz CT molecular complexity index is 675. The molecule has 0 spiro atoms. The van der Waals surface area contributed by atoms with Crippen molar-refractivity contribution in [3.8, 4) is 0 Å². The Morgan fingerprint density at radius 1 is 0.591 bits per heavy atom. The van der Waals surface area contributed by atoms with E-state index in [2.05, 4.69) is 54.6 Å². The van der Waals surface area contributed by atoms with Crippen molar-refractivity contribution in [2.24, 2.45) is 0 Å². The third-order valence-electron chi connectivity index (χ3n) is 3.08. The molecule has 114 valence electrons. The van der Waals surface area contributed by atoms with Crippen LogP contribution >= 0.6 is 0 Å². The molecule has 0 fully saturated rings. The number of fused-ring (bicyclic) bond motifs is 3. The summed E-state index contributed by atoms with van der Waals surface area (Å²) in [6.45, 7) is 0. The molecule has 22 heavy (non-hydrogen) atoms. The third kappa shape index (κ3) is 5.39. The molecule has 0 nitrogen and oxygen atoms in total. The molecular weight excluding hydrogens is 390 g/mol. The average Bonchev–Trinajstić information content (AvgIpc) is 3.10. The van der Waals surface area contributed by atoms with Crippen molar-refractivity contribution in [1.82, 2.24) is 0 Å². The average molecular weight is 407 g/mol. The van der Waals surface area contributed by atoms with Crippen LogP contribution in [0, 0.1) is 7.43 Å². The fourth-order valence-corrected chi connectivity index (χ4v) is 2.22. The van der Waals surface area contributed by atoms with E-state index in [0.717, 1.165) is 0 Å². The molecule has 0 saturated heterocycles. The molecule has 0 atom stereocenters. The molecule has 0 amide bonds. The second-order valence-electron chi connectivity index (χ2n) is 4.28. The van der Waals surface area contributed by atoms with Crippen molar-refractivity contribution in [1.29, 1.82) is 0 Å². The van der Waals surface area contributed by atoms with Gasteiger partial charge >= 0.3 is 26.2 Å². The molecule has 0 bridgehead atoms. The maximum atomic E-state index is 2.24. The first kappa shape index (κ1) is 23.4. The summed E-state index contributed by atoms with van der Waals surface area (Å²) in [6.07, 6.45) is 0. The Hall–Kier alpha value is -0.877. The minimum Gasteiger partial charge on any atom is -1.00 e. The van der Waals surface area contributed by atoms with Gasteiger partial charge in [-0.05, 0) is 0 Å². The molecule has 0 heterocycles. The van der Waals surface area contributed by atoms with Crippen LogP contribution in [0.4, 0.5) is 0 Å². The molecule has 4 rings (SSSR count). The van der Waals surface area contributed by atoms with Gasteiger partial charge in [-0.15, -0.1) is 39.7 Å². The summed E-state index contributed by atoms with van der Waals surface area (Å²) < 4.78 is 0. The van der Waals surface area contributed by atoms with E-state index in [9.17, 15) is 0 Å². The molecule has 3 heteroatoms. The van der Waals surface area contributed by atoms with Gasteiger partial charge < -0.3 is 32.2 Å². The van der Waals surface area contributed by atoms with Gasteiger partial charge in [0.1, 0.15) is 0 Å². The van der Waals surface area contributed by atoms with Gasteiger partial charge in [-0.3, -0.25) is 0 Å². The second-order valence-corrected chi connectivity index (χ2v) is 4.28. The van der Waals surface area contributed by atoms with E-state index in [1.54, 1.807) is 0 Å². The summed E-state index contributed by atoms with van der Waals surface area (Å²) in [4.78, 5) is 0. The van der Waals surface area contributed by atoms with Crippen LogP contribution in [0.2, 0.25) is 0 Å². The van der Waals surface area contributed by atoms with Crippen LogP contribution in [0.5, 0.6) is 0 Å². The SMILES string of the molecule is [CH3-].[Cl-].[Cl-].[Zr+2].c1cc[cH-]c1.c1ccc2c(c1)[cH-]c1ccccc12. The van der Waals surface area contributed by atoms with Crippen LogP contribution in [-0.4, -0.2) is 0 Å². The normalized spacial score (nSPS) is 8.36. The van der Waals surface area contributed by atoms with Crippen molar-refractivity contribution < 1.29 is 51.0 Å². The fraction of sp³-hybridized carbons (Fsp3) is 0.